The van der Waals surface area contributed by atoms with Crippen LogP contribution < -0.4 is 10.6 Å². The fraction of sp³-hybridized carbons (Fsp3) is 0.444. The summed E-state index contributed by atoms with van der Waals surface area (Å²) in [5.74, 6) is -0.128. The van der Waals surface area contributed by atoms with Gasteiger partial charge < -0.3 is 15.4 Å². The van der Waals surface area contributed by atoms with Crippen LogP contribution in [-0.4, -0.2) is 46.4 Å². The molecule has 9 heteroatoms. The lowest BCUT2D eigenvalue weighted by molar-refractivity contribution is -0.114. The number of amides is 1. The topological polar surface area (TPSA) is 93.2 Å². The van der Waals surface area contributed by atoms with Gasteiger partial charge in [-0.1, -0.05) is 23.1 Å². The number of hydrogen-bond donors (Lipinski definition) is 2. The zero-order valence-electron chi connectivity index (χ0n) is 15.2. The number of carbonyl (C=O) groups excluding carboxylic acids is 2. The summed E-state index contributed by atoms with van der Waals surface area (Å²) in [6.07, 6.45) is 2.42. The number of thioether (sulfide) groups is 1. The highest BCUT2D eigenvalue weighted by Gasteiger charge is 2.20. The zero-order valence-corrected chi connectivity index (χ0v) is 16.9. The number of aromatic nitrogens is 2. The van der Waals surface area contributed by atoms with E-state index in [0.717, 1.165) is 35.5 Å². The summed E-state index contributed by atoms with van der Waals surface area (Å²) in [6, 6.07) is 6.90. The Labute approximate surface area is 166 Å². The van der Waals surface area contributed by atoms with Crippen LogP contribution in [0.3, 0.4) is 0 Å². The molecule has 1 saturated heterocycles. The third-order valence-corrected chi connectivity index (χ3v) is 6.11. The van der Waals surface area contributed by atoms with E-state index in [0.29, 0.717) is 11.3 Å². The van der Waals surface area contributed by atoms with Crippen LogP contribution >= 0.6 is 23.1 Å². The molecule has 144 valence electrons. The molecule has 0 radical (unpaired) electrons. The molecule has 7 nitrogen and oxygen atoms in total. The van der Waals surface area contributed by atoms with Crippen molar-refractivity contribution in [2.24, 2.45) is 0 Å². The molecule has 2 heterocycles. The lowest BCUT2D eigenvalue weighted by Gasteiger charge is -2.09. The van der Waals surface area contributed by atoms with Crippen molar-refractivity contribution in [3.05, 3.63) is 29.8 Å². The standard InChI is InChI=1S/C18H22N4O3S2/c1-11(16(24)13-5-7-14(8-6-13)20-12(2)23)26-18-22-21-17(27-18)19-10-15-4-3-9-25-15/h5-8,11,15H,3-4,9-10H2,1-2H3,(H,19,21)(H,20,23)/t11-,15+/m0/s1. The Bertz CT molecular complexity index is 788. The lowest BCUT2D eigenvalue weighted by atomic mass is 10.1. The molecule has 1 aromatic carbocycles. The molecule has 0 spiro atoms. The molecule has 1 amide bonds. The fourth-order valence-electron chi connectivity index (χ4n) is 2.70. The van der Waals surface area contributed by atoms with Crippen molar-refractivity contribution in [1.29, 1.82) is 0 Å². The van der Waals surface area contributed by atoms with Gasteiger partial charge in [0, 0.05) is 31.3 Å². The number of Topliss-reactive ketones (excluding diaryl/α,β-unsaturated/α-hetero) is 1. The zero-order chi connectivity index (χ0) is 19.2. The molecule has 0 bridgehead atoms. The Morgan fingerprint density at radius 3 is 2.78 bits per heavy atom. The van der Waals surface area contributed by atoms with E-state index in [1.165, 1.54) is 30.0 Å². The van der Waals surface area contributed by atoms with Gasteiger partial charge in [-0.05, 0) is 44.0 Å². The lowest BCUT2D eigenvalue weighted by Crippen LogP contribution is -2.18. The monoisotopic (exact) mass is 406 g/mol. The smallest absolute Gasteiger partial charge is 0.221 e. The van der Waals surface area contributed by atoms with Crippen molar-refractivity contribution >= 4 is 45.6 Å². The number of nitrogens with zero attached hydrogens (tertiary/aromatic N) is 2. The average molecular weight is 407 g/mol. The van der Waals surface area contributed by atoms with Crippen molar-refractivity contribution < 1.29 is 14.3 Å². The van der Waals surface area contributed by atoms with Crippen LogP contribution in [0.2, 0.25) is 0 Å². The highest BCUT2D eigenvalue weighted by molar-refractivity contribution is 8.02. The van der Waals surface area contributed by atoms with Crippen LogP contribution in [0.4, 0.5) is 10.8 Å². The van der Waals surface area contributed by atoms with Crippen LogP contribution in [0, 0.1) is 0 Å². The summed E-state index contributed by atoms with van der Waals surface area (Å²) in [5, 5.41) is 14.7. The van der Waals surface area contributed by atoms with Gasteiger partial charge in [-0.2, -0.15) is 0 Å². The average Bonchev–Trinajstić information content (AvgIpc) is 3.31. The summed E-state index contributed by atoms with van der Waals surface area (Å²) in [6.45, 7) is 4.86. The minimum atomic E-state index is -0.282. The maximum Gasteiger partial charge on any atom is 0.221 e. The molecule has 1 aliphatic rings. The predicted molar refractivity (Wildman–Crippen MR) is 108 cm³/mol. The van der Waals surface area contributed by atoms with Gasteiger partial charge in [0.2, 0.25) is 11.0 Å². The van der Waals surface area contributed by atoms with Crippen LogP contribution in [-0.2, 0) is 9.53 Å². The Hall–Kier alpha value is -1.97. The van der Waals surface area contributed by atoms with Crippen molar-refractivity contribution in [2.45, 2.75) is 42.4 Å². The molecular formula is C18H22N4O3S2. The Kier molecular flexibility index (Phi) is 6.81. The maximum atomic E-state index is 12.6. The first-order valence-electron chi connectivity index (χ1n) is 8.79. The van der Waals surface area contributed by atoms with Gasteiger partial charge in [-0.25, -0.2) is 0 Å². The van der Waals surface area contributed by atoms with Crippen LogP contribution in [0.15, 0.2) is 28.6 Å². The normalized spacial score (nSPS) is 17.5. The van der Waals surface area contributed by atoms with E-state index in [1.807, 2.05) is 6.92 Å². The molecule has 0 aliphatic carbocycles. The van der Waals surface area contributed by atoms with E-state index >= 15 is 0 Å². The number of nitrogens with one attached hydrogen (secondary N) is 2. The Balaban J connectivity index is 1.52. The number of rotatable bonds is 8. The molecule has 2 atom stereocenters. The van der Waals surface area contributed by atoms with E-state index < -0.39 is 0 Å². The van der Waals surface area contributed by atoms with Crippen LogP contribution in [0.25, 0.3) is 0 Å². The highest BCUT2D eigenvalue weighted by Crippen LogP contribution is 2.30. The second-order valence-electron chi connectivity index (χ2n) is 6.27. The fourth-order valence-corrected chi connectivity index (χ4v) is 4.68. The van der Waals surface area contributed by atoms with Gasteiger partial charge >= 0.3 is 0 Å². The number of ether oxygens (including phenoxy) is 1. The third kappa shape index (κ3) is 5.75. The minimum Gasteiger partial charge on any atom is -0.376 e. The summed E-state index contributed by atoms with van der Waals surface area (Å²) in [5.41, 5.74) is 1.27. The largest absolute Gasteiger partial charge is 0.376 e. The van der Waals surface area contributed by atoms with E-state index in [2.05, 4.69) is 20.8 Å². The SMILES string of the molecule is CC(=O)Nc1ccc(C(=O)[C@H](C)Sc2nnc(NC[C@H]3CCCO3)s2)cc1. The summed E-state index contributed by atoms with van der Waals surface area (Å²) < 4.78 is 6.33. The number of hydrogen-bond acceptors (Lipinski definition) is 8. The van der Waals surface area contributed by atoms with Crippen LogP contribution in [0.5, 0.6) is 0 Å². The Morgan fingerprint density at radius 2 is 2.11 bits per heavy atom. The summed E-state index contributed by atoms with van der Waals surface area (Å²) >= 11 is 2.84. The number of benzene rings is 1. The van der Waals surface area contributed by atoms with E-state index in [-0.39, 0.29) is 23.0 Å². The first kappa shape index (κ1) is 19.8. The number of ketones is 1. The molecule has 0 unspecified atom stereocenters. The molecule has 3 rings (SSSR count). The molecular weight excluding hydrogens is 384 g/mol. The van der Waals surface area contributed by atoms with Gasteiger partial charge in [-0.15, -0.1) is 10.2 Å². The summed E-state index contributed by atoms with van der Waals surface area (Å²) in [7, 11) is 0. The van der Waals surface area contributed by atoms with Gasteiger partial charge in [0.25, 0.3) is 0 Å². The second kappa shape index (κ2) is 9.29. The van der Waals surface area contributed by atoms with Gasteiger partial charge in [0.1, 0.15) is 0 Å². The maximum absolute atomic E-state index is 12.6. The Morgan fingerprint density at radius 1 is 1.33 bits per heavy atom. The van der Waals surface area contributed by atoms with E-state index in [9.17, 15) is 9.59 Å². The van der Waals surface area contributed by atoms with Crippen molar-refractivity contribution in [1.82, 2.24) is 10.2 Å². The van der Waals surface area contributed by atoms with Crippen molar-refractivity contribution in [3.63, 3.8) is 0 Å². The molecule has 1 aromatic heterocycles. The molecule has 1 aliphatic heterocycles. The number of anilines is 2. The molecule has 2 N–H and O–H groups in total. The molecule has 2 aromatic rings. The van der Waals surface area contributed by atoms with Gasteiger partial charge in [-0.3, -0.25) is 9.59 Å². The quantitative estimate of drug-likeness (QED) is 0.512. The van der Waals surface area contributed by atoms with Gasteiger partial charge in [0.15, 0.2) is 10.1 Å². The highest BCUT2D eigenvalue weighted by atomic mass is 32.2. The predicted octanol–water partition coefficient (Wildman–Crippen LogP) is 3.45. The molecule has 1 fully saturated rings. The molecule has 0 saturated carbocycles. The summed E-state index contributed by atoms with van der Waals surface area (Å²) in [4.78, 5) is 23.7. The van der Waals surface area contributed by atoms with Crippen LogP contribution in [0.1, 0.15) is 37.0 Å². The third-order valence-electron chi connectivity index (χ3n) is 4.05. The number of carbonyl (C=O) groups is 2. The molecule has 27 heavy (non-hydrogen) atoms. The van der Waals surface area contributed by atoms with Gasteiger partial charge in [0.05, 0.1) is 11.4 Å². The second-order valence-corrected chi connectivity index (χ2v) is 8.84. The van der Waals surface area contributed by atoms with Crippen molar-refractivity contribution in [2.75, 3.05) is 23.8 Å². The minimum absolute atomic E-state index is 0.0124. The first-order chi connectivity index (χ1) is 13.0. The van der Waals surface area contributed by atoms with Crippen molar-refractivity contribution in [3.8, 4) is 0 Å². The van der Waals surface area contributed by atoms with E-state index in [4.69, 9.17) is 4.74 Å². The van der Waals surface area contributed by atoms with E-state index in [1.54, 1.807) is 24.3 Å². The first-order valence-corrected chi connectivity index (χ1v) is 10.5.